The summed E-state index contributed by atoms with van der Waals surface area (Å²) in [4.78, 5) is 14.4. The van der Waals surface area contributed by atoms with Gasteiger partial charge in [-0.15, -0.1) is 11.3 Å². The lowest BCUT2D eigenvalue weighted by Crippen LogP contribution is -2.38. The van der Waals surface area contributed by atoms with Crippen molar-refractivity contribution in [3.05, 3.63) is 38.2 Å². The van der Waals surface area contributed by atoms with Crippen LogP contribution < -0.4 is 15.4 Å². The van der Waals surface area contributed by atoms with Crippen LogP contribution in [0.15, 0.2) is 16.6 Å². The molecule has 1 aromatic heterocycles. The summed E-state index contributed by atoms with van der Waals surface area (Å²) in [5.41, 5.74) is 3.18. The highest BCUT2D eigenvalue weighted by atomic mass is 79.9. The van der Waals surface area contributed by atoms with Gasteiger partial charge in [0, 0.05) is 4.88 Å². The summed E-state index contributed by atoms with van der Waals surface area (Å²) in [6.45, 7) is 6.97. The van der Waals surface area contributed by atoms with Crippen LogP contribution in [0.25, 0.3) is 0 Å². The maximum atomic E-state index is 13.0. The smallest absolute Gasteiger partial charge is 0.256 e. The van der Waals surface area contributed by atoms with E-state index in [1.807, 2.05) is 0 Å². The van der Waals surface area contributed by atoms with E-state index in [1.54, 1.807) is 23.5 Å². The molecule has 0 unspecified atom stereocenters. The molecule has 4 rings (SSSR count). The van der Waals surface area contributed by atoms with Crippen molar-refractivity contribution >= 4 is 38.2 Å². The molecule has 0 saturated heterocycles. The average molecular weight is 479 g/mol. The van der Waals surface area contributed by atoms with E-state index in [9.17, 15) is 9.90 Å². The first-order valence-corrected chi connectivity index (χ1v) is 11.6. The van der Waals surface area contributed by atoms with E-state index in [2.05, 4.69) is 47.3 Å². The first-order chi connectivity index (χ1) is 13.7. The number of carbonyl (C=O) groups is 1. The molecule has 1 amide bonds. The third-order valence-corrected chi connectivity index (χ3v) is 8.45. The number of halogens is 1. The molecule has 7 heteroatoms. The van der Waals surface area contributed by atoms with E-state index in [0.717, 1.165) is 41.8 Å². The van der Waals surface area contributed by atoms with Gasteiger partial charge in [0.05, 0.1) is 17.1 Å². The number of phenolic OH excluding ortho intramolecular Hbond substituents is 1. The number of amides is 1. The van der Waals surface area contributed by atoms with E-state index in [0.29, 0.717) is 21.6 Å². The zero-order valence-electron chi connectivity index (χ0n) is 17.2. The van der Waals surface area contributed by atoms with Crippen molar-refractivity contribution in [1.82, 2.24) is 5.32 Å². The number of methoxy groups -OCH3 is 1. The summed E-state index contributed by atoms with van der Waals surface area (Å²) >= 11 is 5.08. The molecule has 1 aromatic carbocycles. The van der Waals surface area contributed by atoms with Crippen molar-refractivity contribution < 1.29 is 14.6 Å². The minimum Gasteiger partial charge on any atom is -0.503 e. The van der Waals surface area contributed by atoms with E-state index in [4.69, 9.17) is 4.74 Å². The molecule has 2 heterocycles. The van der Waals surface area contributed by atoms with Crippen LogP contribution in [0, 0.1) is 11.3 Å². The molecule has 0 radical (unpaired) electrons. The maximum Gasteiger partial charge on any atom is 0.256 e. The van der Waals surface area contributed by atoms with E-state index in [1.165, 1.54) is 17.6 Å². The average Bonchev–Trinajstić information content (AvgIpc) is 3.07. The number of thiophene rings is 1. The van der Waals surface area contributed by atoms with Crippen LogP contribution in [-0.4, -0.2) is 18.1 Å². The monoisotopic (exact) mass is 478 g/mol. The van der Waals surface area contributed by atoms with Crippen LogP contribution in [0.3, 0.4) is 0 Å². The summed E-state index contributed by atoms with van der Waals surface area (Å²) in [7, 11) is 1.51. The Hall–Kier alpha value is -1.73. The molecule has 156 valence electrons. The van der Waals surface area contributed by atoms with Crippen molar-refractivity contribution in [3.8, 4) is 11.5 Å². The highest BCUT2D eigenvalue weighted by Gasteiger charge is 2.37. The number of fused-ring (bicyclic) bond motifs is 3. The van der Waals surface area contributed by atoms with Gasteiger partial charge in [-0.25, -0.2) is 0 Å². The van der Waals surface area contributed by atoms with E-state index in [-0.39, 0.29) is 17.8 Å². The minimum absolute atomic E-state index is 0.0300. The Bertz CT molecular complexity index is 969. The molecule has 0 saturated carbocycles. The normalized spacial score (nSPS) is 21.1. The van der Waals surface area contributed by atoms with Crippen LogP contribution in [0.2, 0.25) is 0 Å². The number of aromatic hydroxyl groups is 1. The maximum absolute atomic E-state index is 13.0. The number of hydrogen-bond acceptors (Lipinski definition) is 5. The fraction of sp³-hybridized carbons (Fsp3) is 0.500. The fourth-order valence-electron chi connectivity index (χ4n) is 4.34. The van der Waals surface area contributed by atoms with Crippen molar-refractivity contribution in [3.63, 3.8) is 0 Å². The van der Waals surface area contributed by atoms with Gasteiger partial charge in [-0.3, -0.25) is 4.79 Å². The Labute approximate surface area is 184 Å². The third kappa shape index (κ3) is 3.52. The summed E-state index contributed by atoms with van der Waals surface area (Å²) in [5, 5.41) is 17.6. The van der Waals surface area contributed by atoms with Crippen molar-refractivity contribution in [2.45, 2.75) is 52.6 Å². The van der Waals surface area contributed by atoms with Crippen molar-refractivity contribution in [1.29, 1.82) is 0 Å². The van der Waals surface area contributed by atoms with Gasteiger partial charge in [0.1, 0.15) is 11.2 Å². The molecule has 2 atom stereocenters. The summed E-state index contributed by atoms with van der Waals surface area (Å²) < 4.78 is 5.79. The number of carbonyl (C=O) groups excluding carboxylic acids is 1. The molecule has 2 aromatic rings. The van der Waals surface area contributed by atoms with E-state index >= 15 is 0 Å². The van der Waals surface area contributed by atoms with Crippen LogP contribution in [0.4, 0.5) is 5.00 Å². The molecule has 1 aliphatic carbocycles. The molecular weight excluding hydrogens is 452 g/mol. The van der Waals surface area contributed by atoms with E-state index < -0.39 is 0 Å². The first-order valence-electron chi connectivity index (χ1n) is 10.0. The summed E-state index contributed by atoms with van der Waals surface area (Å²) in [5.74, 6) is 1.04. The van der Waals surface area contributed by atoms with Gasteiger partial charge in [0.2, 0.25) is 0 Å². The molecule has 2 aliphatic rings. The SMILES string of the molecule is CCC(C)(C)[C@H]1CCc2c(sc3c2C(=O)N[C@@H](c2cc(Br)c(O)c(OC)c2)N3)C1. The van der Waals surface area contributed by atoms with Gasteiger partial charge in [-0.1, -0.05) is 27.2 Å². The largest absolute Gasteiger partial charge is 0.503 e. The second-order valence-corrected chi connectivity index (χ2v) is 10.6. The van der Waals surface area contributed by atoms with Gasteiger partial charge < -0.3 is 20.5 Å². The number of ether oxygens (including phenoxy) is 1. The fourth-order valence-corrected chi connectivity index (χ4v) is 6.15. The number of phenols is 1. The molecule has 5 nitrogen and oxygen atoms in total. The Kier molecular flexibility index (Phi) is 5.32. The first kappa shape index (κ1) is 20.5. The molecule has 3 N–H and O–H groups in total. The highest BCUT2D eigenvalue weighted by molar-refractivity contribution is 9.10. The number of anilines is 1. The topological polar surface area (TPSA) is 70.6 Å². The minimum atomic E-state index is -0.371. The Morgan fingerprint density at radius 2 is 2.10 bits per heavy atom. The van der Waals surface area contributed by atoms with Gasteiger partial charge >= 0.3 is 0 Å². The summed E-state index contributed by atoms with van der Waals surface area (Å²) in [6.07, 6.45) is 3.94. The zero-order valence-corrected chi connectivity index (χ0v) is 19.6. The second-order valence-electron chi connectivity index (χ2n) is 8.59. The third-order valence-electron chi connectivity index (χ3n) is 6.66. The molecule has 29 heavy (non-hydrogen) atoms. The predicted octanol–water partition coefficient (Wildman–Crippen LogP) is 5.62. The number of rotatable bonds is 4. The van der Waals surface area contributed by atoms with Crippen LogP contribution in [0.5, 0.6) is 11.5 Å². The number of benzene rings is 1. The number of hydrogen-bond donors (Lipinski definition) is 3. The van der Waals surface area contributed by atoms with Crippen molar-refractivity contribution in [2.75, 3.05) is 12.4 Å². The van der Waals surface area contributed by atoms with Gasteiger partial charge in [-0.2, -0.15) is 0 Å². The molecule has 0 bridgehead atoms. The van der Waals surface area contributed by atoms with Crippen LogP contribution >= 0.6 is 27.3 Å². The predicted molar refractivity (Wildman–Crippen MR) is 120 cm³/mol. The Morgan fingerprint density at radius 1 is 1.34 bits per heavy atom. The molecular formula is C22H27BrN2O3S. The Balaban J connectivity index is 1.65. The molecule has 0 spiro atoms. The lowest BCUT2D eigenvalue weighted by atomic mass is 9.69. The van der Waals surface area contributed by atoms with Gasteiger partial charge in [0.15, 0.2) is 11.5 Å². The quantitative estimate of drug-likeness (QED) is 0.533. The summed E-state index contributed by atoms with van der Waals surface area (Å²) in [6, 6.07) is 3.55. The number of nitrogens with one attached hydrogen (secondary N) is 2. The Morgan fingerprint density at radius 3 is 2.79 bits per heavy atom. The second kappa shape index (κ2) is 7.51. The highest BCUT2D eigenvalue weighted by Crippen LogP contribution is 2.47. The molecule has 0 fully saturated rings. The van der Waals surface area contributed by atoms with Gasteiger partial charge in [0.25, 0.3) is 5.91 Å². The van der Waals surface area contributed by atoms with Gasteiger partial charge in [-0.05, 0) is 69.8 Å². The lowest BCUT2D eigenvalue weighted by molar-refractivity contribution is 0.0934. The standard InChI is InChI=1S/C22H27BrN2O3S/c1-5-22(2,3)12-6-7-13-16(10-12)29-21-17(13)20(27)24-19(25-21)11-8-14(23)18(26)15(9-11)28-4/h8-9,12,19,25-26H,5-7,10H2,1-4H3,(H,24,27)/t12-,19+/m0/s1. The van der Waals surface area contributed by atoms with Crippen molar-refractivity contribution in [2.24, 2.45) is 11.3 Å². The zero-order chi connectivity index (χ0) is 20.9. The molecule has 1 aliphatic heterocycles. The van der Waals surface area contributed by atoms with Crippen LogP contribution in [0.1, 0.15) is 66.1 Å². The van der Waals surface area contributed by atoms with Crippen LogP contribution in [-0.2, 0) is 12.8 Å². The lowest BCUT2D eigenvalue weighted by Gasteiger charge is -2.36.